The number of carbonyl (C=O) groups is 1. The highest BCUT2D eigenvalue weighted by atomic mass is 35.5. The lowest BCUT2D eigenvalue weighted by molar-refractivity contribution is 0.102. The number of phenolic OH excluding ortho intramolecular Hbond substituents is 1. The number of aromatic hydroxyl groups is 1. The first-order chi connectivity index (χ1) is 17.6. The summed E-state index contributed by atoms with van der Waals surface area (Å²) in [7, 11) is -3.23. The van der Waals surface area contributed by atoms with Crippen molar-refractivity contribution in [3.63, 3.8) is 0 Å². The fourth-order valence-corrected chi connectivity index (χ4v) is 4.96. The largest absolute Gasteiger partial charge is 0.505 e. The number of benzene rings is 4. The first-order valence-electron chi connectivity index (χ1n) is 11.0. The maximum absolute atomic E-state index is 13.1. The van der Waals surface area contributed by atoms with Gasteiger partial charge >= 0.3 is 0 Å². The third-order valence-corrected chi connectivity index (χ3v) is 6.93. The van der Waals surface area contributed by atoms with Gasteiger partial charge in [0.2, 0.25) is 0 Å². The molecule has 0 fully saturated rings. The summed E-state index contributed by atoms with van der Waals surface area (Å²) in [5.41, 5.74) is 0.760. The summed E-state index contributed by atoms with van der Waals surface area (Å²) < 4.78 is 38.9. The van der Waals surface area contributed by atoms with Crippen molar-refractivity contribution in [2.75, 3.05) is 12.4 Å². The molecule has 0 aromatic heterocycles. The topological polar surface area (TPSA) is 138 Å². The van der Waals surface area contributed by atoms with Gasteiger partial charge in [0.1, 0.15) is 22.0 Å². The molecule has 4 aromatic carbocycles. The third-order valence-electron chi connectivity index (χ3n) is 5.58. The summed E-state index contributed by atoms with van der Waals surface area (Å²) in [6, 6.07) is 18.0. The van der Waals surface area contributed by atoms with Gasteiger partial charge in [-0.15, -0.1) is 10.2 Å². The molecule has 0 spiro atoms. The van der Waals surface area contributed by atoms with Crippen molar-refractivity contribution in [1.82, 2.24) is 0 Å². The third kappa shape index (κ3) is 5.56. The highest BCUT2D eigenvalue weighted by Gasteiger charge is 2.22. The fraction of sp³-hybridized carbons (Fsp3) is 0.115. The Morgan fingerprint density at radius 3 is 2.51 bits per heavy atom. The molecular weight excluding hydrogens is 518 g/mol. The van der Waals surface area contributed by atoms with Gasteiger partial charge in [0.25, 0.3) is 16.0 Å². The van der Waals surface area contributed by atoms with Crippen LogP contribution in [0.1, 0.15) is 22.8 Å². The Morgan fingerprint density at radius 1 is 1.05 bits per heavy atom. The first-order valence-corrected chi connectivity index (χ1v) is 12.9. The van der Waals surface area contributed by atoms with E-state index in [2.05, 4.69) is 15.5 Å². The Morgan fingerprint density at radius 2 is 1.81 bits per heavy atom. The van der Waals surface area contributed by atoms with E-state index in [1.54, 1.807) is 48.5 Å². The normalized spacial score (nSPS) is 11.7. The number of aryl methyl sites for hydroxylation is 1. The Labute approximate surface area is 218 Å². The minimum absolute atomic E-state index is 0.0618. The van der Waals surface area contributed by atoms with Crippen molar-refractivity contribution in [2.45, 2.75) is 18.2 Å². The first kappa shape index (κ1) is 26.1. The molecule has 0 aliphatic heterocycles. The molecule has 4 rings (SSSR count). The summed E-state index contributed by atoms with van der Waals surface area (Å²) in [5, 5.41) is 22.7. The molecule has 0 unspecified atom stereocenters. The van der Waals surface area contributed by atoms with Gasteiger partial charge in [0.05, 0.1) is 17.7 Å². The zero-order valence-electron chi connectivity index (χ0n) is 19.8. The van der Waals surface area contributed by atoms with Crippen molar-refractivity contribution in [3.05, 3.63) is 82.9 Å². The van der Waals surface area contributed by atoms with Crippen molar-refractivity contribution in [2.24, 2.45) is 10.2 Å². The lowest BCUT2D eigenvalue weighted by Gasteiger charge is -2.12. The number of azo groups is 1. The number of halogens is 1. The number of phenols is 1. The Balaban J connectivity index is 1.84. The van der Waals surface area contributed by atoms with Crippen molar-refractivity contribution < 1.29 is 27.6 Å². The van der Waals surface area contributed by atoms with E-state index in [9.17, 15) is 22.9 Å². The molecule has 0 aliphatic carbocycles. The molecule has 0 atom stereocenters. The van der Waals surface area contributed by atoms with Gasteiger partial charge in [-0.05, 0) is 47.7 Å². The number of methoxy groups -OCH3 is 1. The number of fused-ring (bicyclic) bond motifs is 1. The van der Waals surface area contributed by atoms with Gasteiger partial charge in [-0.1, -0.05) is 48.9 Å². The molecule has 0 saturated heterocycles. The molecule has 11 heteroatoms. The molecule has 3 N–H and O–H groups in total. The molecule has 37 heavy (non-hydrogen) atoms. The fourth-order valence-electron chi connectivity index (χ4n) is 3.76. The number of carbonyl (C=O) groups excluding carboxylic acids is 1. The standard InChI is InChI=1S/C26H22ClN3O6S/c1-3-15-11-21(27)25(37(33,34)35)22(12-15)29-30-23-19-10-5-4-7-16(19)13-20(24(23)31)26(32)28-17-8-6-9-18(14-17)36-2/h4-14,31H,3H2,1-2H3,(H,28,32)(H,33,34,35). The zero-order valence-corrected chi connectivity index (χ0v) is 21.3. The van der Waals surface area contributed by atoms with Crippen LogP contribution in [0, 0.1) is 0 Å². The van der Waals surface area contributed by atoms with Crippen LogP contribution in [-0.2, 0) is 16.5 Å². The highest BCUT2D eigenvalue weighted by molar-refractivity contribution is 7.86. The van der Waals surface area contributed by atoms with Gasteiger partial charge in [0, 0.05) is 17.1 Å². The predicted molar refractivity (Wildman–Crippen MR) is 141 cm³/mol. The summed E-state index contributed by atoms with van der Waals surface area (Å²) in [6.07, 6.45) is 0.516. The molecule has 0 bridgehead atoms. The van der Waals surface area contributed by atoms with Gasteiger partial charge < -0.3 is 15.2 Å². The number of hydrogen-bond acceptors (Lipinski definition) is 7. The van der Waals surface area contributed by atoms with E-state index in [1.807, 2.05) is 6.92 Å². The van der Waals surface area contributed by atoms with Crippen molar-refractivity contribution in [1.29, 1.82) is 0 Å². The van der Waals surface area contributed by atoms with E-state index in [0.29, 0.717) is 34.2 Å². The maximum atomic E-state index is 13.1. The zero-order chi connectivity index (χ0) is 26.7. The van der Waals surface area contributed by atoms with E-state index in [1.165, 1.54) is 25.3 Å². The van der Waals surface area contributed by atoms with E-state index in [4.69, 9.17) is 16.3 Å². The van der Waals surface area contributed by atoms with Crippen molar-refractivity contribution >= 4 is 55.5 Å². The second kappa shape index (κ2) is 10.6. The van der Waals surface area contributed by atoms with Crippen LogP contribution in [0.15, 0.2) is 81.9 Å². The molecule has 190 valence electrons. The van der Waals surface area contributed by atoms with Crippen molar-refractivity contribution in [3.8, 4) is 11.5 Å². The summed E-state index contributed by atoms with van der Waals surface area (Å²) in [4.78, 5) is 12.5. The van der Waals surface area contributed by atoms with Crippen LogP contribution in [0.5, 0.6) is 11.5 Å². The van der Waals surface area contributed by atoms with Gasteiger partial charge in [-0.2, -0.15) is 8.42 Å². The Hall–Kier alpha value is -3.99. The van der Waals surface area contributed by atoms with Crippen LogP contribution >= 0.6 is 11.6 Å². The quantitative estimate of drug-likeness (QED) is 0.177. The van der Waals surface area contributed by atoms with E-state index < -0.39 is 26.7 Å². The van der Waals surface area contributed by atoms with Crippen LogP contribution < -0.4 is 10.1 Å². The number of nitrogens with zero attached hydrogens (tertiary/aromatic N) is 2. The second-order valence-electron chi connectivity index (χ2n) is 7.98. The number of ether oxygens (including phenoxy) is 1. The predicted octanol–water partition coefficient (Wildman–Crippen LogP) is 6.68. The Kier molecular flexibility index (Phi) is 7.44. The smallest absolute Gasteiger partial charge is 0.298 e. The molecule has 0 radical (unpaired) electrons. The van der Waals surface area contributed by atoms with Crippen LogP contribution in [0.4, 0.5) is 17.1 Å². The molecule has 0 aliphatic rings. The summed E-state index contributed by atoms with van der Waals surface area (Å²) in [6.45, 7) is 1.84. The minimum Gasteiger partial charge on any atom is -0.505 e. The molecule has 0 heterocycles. The molecule has 4 aromatic rings. The SMILES string of the molecule is CCc1cc(Cl)c(S(=O)(=O)O)c(N=Nc2c(O)c(C(=O)Nc3cccc(OC)c3)cc3ccccc23)c1. The number of hydrogen-bond donors (Lipinski definition) is 3. The molecule has 0 saturated carbocycles. The van der Waals surface area contributed by atoms with Crippen LogP contribution in [0.2, 0.25) is 5.02 Å². The lowest BCUT2D eigenvalue weighted by atomic mass is 10.0. The lowest BCUT2D eigenvalue weighted by Crippen LogP contribution is -2.12. The van der Waals surface area contributed by atoms with E-state index >= 15 is 0 Å². The molecule has 9 nitrogen and oxygen atoms in total. The highest BCUT2D eigenvalue weighted by Crippen LogP contribution is 2.41. The average Bonchev–Trinajstić information content (AvgIpc) is 2.86. The summed E-state index contributed by atoms with van der Waals surface area (Å²) >= 11 is 6.12. The van der Waals surface area contributed by atoms with E-state index in [0.717, 1.165) is 0 Å². The van der Waals surface area contributed by atoms with Gasteiger partial charge in [0.15, 0.2) is 5.75 Å². The second-order valence-corrected chi connectivity index (χ2v) is 9.75. The number of amides is 1. The van der Waals surface area contributed by atoms with Crippen LogP contribution in [0.3, 0.4) is 0 Å². The monoisotopic (exact) mass is 539 g/mol. The number of rotatable bonds is 7. The van der Waals surface area contributed by atoms with Crippen LogP contribution in [-0.4, -0.2) is 31.1 Å². The van der Waals surface area contributed by atoms with Crippen LogP contribution in [0.25, 0.3) is 10.8 Å². The number of nitrogens with one attached hydrogen (secondary N) is 1. The van der Waals surface area contributed by atoms with E-state index in [-0.39, 0.29) is 22.0 Å². The molecular formula is C26H22ClN3O6S. The maximum Gasteiger partial charge on any atom is 0.298 e. The average molecular weight is 540 g/mol. The Bertz CT molecular complexity index is 1650. The molecule has 1 amide bonds. The van der Waals surface area contributed by atoms with Gasteiger partial charge in [-0.25, -0.2) is 0 Å². The number of anilines is 1. The van der Waals surface area contributed by atoms with Gasteiger partial charge in [-0.3, -0.25) is 9.35 Å². The summed E-state index contributed by atoms with van der Waals surface area (Å²) in [5.74, 6) is -0.533. The minimum atomic E-state index is -4.73.